The average Bonchev–Trinajstić information content (AvgIpc) is 1.09. The van der Waals surface area contributed by atoms with Gasteiger partial charge in [-0.2, -0.15) is 85.5 Å². The summed E-state index contributed by atoms with van der Waals surface area (Å²) in [6.07, 6.45) is 167. The molecule has 4 nitrogen and oxygen atoms in total. The third kappa shape index (κ3) is 274. The molecule has 0 aromatic heterocycles. The van der Waals surface area contributed by atoms with E-state index in [9.17, 15) is 0 Å². The summed E-state index contributed by atoms with van der Waals surface area (Å²) in [6, 6.07) is 0. The van der Waals surface area contributed by atoms with Crippen molar-refractivity contribution in [2.45, 2.75) is 854 Å². The molecule has 0 aromatic carbocycles. The molecule has 0 unspecified atom stereocenters. The van der Waals surface area contributed by atoms with Crippen LogP contribution >= 0.6 is 0 Å². The number of unbranched alkanes of at least 4 members (excludes halogenated alkanes) is 108. The molecule has 0 bridgehead atoms. The molecule has 0 aliphatic rings. The zero-order valence-electron chi connectivity index (χ0n) is 108. The molecule has 0 radical (unpaired) electrons. The molecule has 6 heteroatoms. The van der Waals surface area contributed by atoms with Gasteiger partial charge in [-0.25, -0.2) is 0 Å². The molecule has 920 valence electrons. The van der Waals surface area contributed by atoms with Gasteiger partial charge in [0.25, 0.3) is 0 Å². The Hall–Kier alpha value is 0.467. The van der Waals surface area contributed by atoms with Gasteiger partial charge in [0.2, 0.25) is 0 Å². The Bertz CT molecular complexity index is 1370. The second-order valence-corrected chi connectivity index (χ2v) is 45.5. The summed E-state index contributed by atoms with van der Waals surface area (Å²) in [5, 5.41) is 0. The Morgan fingerprint density at radius 1 is 0.100 bits per heavy atom. The Balaban J connectivity index is -0.000000112. The van der Waals surface area contributed by atoms with Crippen LogP contribution in [-0.2, 0) is 10.4 Å². The first-order valence-corrected chi connectivity index (χ1v) is 70.6. The maximum Gasteiger partial charge on any atom is 1.00 e. The molecule has 0 rings (SSSR count). The van der Waals surface area contributed by atoms with Gasteiger partial charge in [-0.1, -0.05) is 777 Å². The Labute approximate surface area is 976 Å². The van der Waals surface area contributed by atoms with Crippen LogP contribution in [0.15, 0.2) is 0 Å². The van der Waals surface area contributed by atoms with Crippen molar-refractivity contribution in [1.82, 2.24) is 0 Å². The molecule has 0 atom stereocenters. The van der Waals surface area contributed by atoms with E-state index in [1.807, 2.05) is 0 Å². The molecular weight excluding hydrogens is 1830 g/mol. The molecule has 0 spiro atoms. The van der Waals surface area contributed by atoms with Gasteiger partial charge in [0.15, 0.2) is 0 Å². The zero-order valence-corrected chi connectivity index (χ0v) is 109. The van der Waals surface area contributed by atoms with E-state index in [2.05, 4.69) is 166 Å². The molecule has 0 heterocycles. The van der Waals surface area contributed by atoms with Crippen molar-refractivity contribution >= 4 is 10.4 Å². The van der Waals surface area contributed by atoms with Gasteiger partial charge in [0, 0.05) is 0 Å². The fraction of sp³-hybridized carbons (Fsp3) is 0.917. The van der Waals surface area contributed by atoms with Crippen LogP contribution in [0.4, 0.5) is 0 Å². The maximum atomic E-state index is 8.74. The first-order valence-electron chi connectivity index (χ1n) is 69.2. The predicted molar refractivity (Wildman–Crippen MR) is 701 cm³/mol. The molecule has 0 amide bonds. The summed E-state index contributed by atoms with van der Waals surface area (Å²) >= 11 is 0. The van der Waals surface area contributed by atoms with Crippen LogP contribution < -0.4 is 18.9 Å². The molecule has 0 aliphatic heterocycles. The minimum atomic E-state index is -4.67. The van der Waals surface area contributed by atoms with Crippen LogP contribution in [0.2, 0.25) is 0 Å². The number of hydrogen-bond acceptors (Lipinski definition) is 2. The van der Waals surface area contributed by atoms with E-state index in [1.54, 1.807) is 0 Å². The smallest absolute Gasteiger partial charge is 0.343 e. The number of hydrogen-bond donors (Lipinski definition) is 2. The second kappa shape index (κ2) is 206. The van der Waals surface area contributed by atoms with Crippen molar-refractivity contribution in [1.29, 1.82) is 0 Å². The monoisotopic (exact) mass is 2140 g/mol. The van der Waals surface area contributed by atoms with E-state index < -0.39 is 10.4 Å². The first-order chi connectivity index (χ1) is 73.0. The Kier molecular flexibility index (Phi) is 248. The van der Waals surface area contributed by atoms with E-state index >= 15 is 0 Å². The van der Waals surface area contributed by atoms with Crippen LogP contribution in [0.5, 0.6) is 0 Å². The van der Waals surface area contributed by atoms with Gasteiger partial charge < -0.3 is 83.1 Å². The summed E-state index contributed by atoms with van der Waals surface area (Å²) in [5.74, 6) is 0. The third-order valence-corrected chi connectivity index (χ3v) is 28.2. The van der Waals surface area contributed by atoms with Crippen LogP contribution in [0.3, 0.4) is 0 Å². The second-order valence-electron chi connectivity index (χ2n) is 44.6. The van der Waals surface area contributed by atoms with Crippen molar-refractivity contribution in [2.24, 2.45) is 0 Å². The van der Waals surface area contributed by atoms with Gasteiger partial charge in [0.05, 0.1) is 0 Å². The Morgan fingerprint density at radius 3 is 0.167 bits per heavy atom. The molecule has 0 saturated heterocycles. The molecule has 2 N–H and O–H groups in total. The van der Waals surface area contributed by atoms with Gasteiger partial charge in [-0.15, -0.1) is 0 Å². The zero-order chi connectivity index (χ0) is 113. The minimum absolute atomic E-state index is 0. The molecule has 0 saturated carbocycles. The van der Waals surface area contributed by atoms with Crippen LogP contribution in [0.1, 0.15) is 854 Å². The Morgan fingerprint density at radius 2 is 0.133 bits per heavy atom. The minimum Gasteiger partial charge on any atom is -0.343 e. The first kappa shape index (κ1) is 181. The fourth-order valence-corrected chi connectivity index (χ4v) is 17.8. The largest absolute Gasteiger partial charge is 1.00 e. The van der Waals surface area contributed by atoms with E-state index in [4.69, 9.17) is 17.5 Å². The van der Waals surface area contributed by atoms with Crippen molar-refractivity contribution in [2.75, 3.05) is 0 Å². The van der Waals surface area contributed by atoms with Crippen molar-refractivity contribution < 1.29 is 36.4 Å². The van der Waals surface area contributed by atoms with E-state index in [1.165, 1.54) is 693 Å². The van der Waals surface area contributed by atoms with Gasteiger partial charge in [-0.05, 0) is 0 Å². The quantitative estimate of drug-likeness (QED) is 0.0275. The van der Waals surface area contributed by atoms with E-state index in [0.717, 1.165) is 77.0 Å². The van der Waals surface area contributed by atoms with Gasteiger partial charge >= 0.3 is 29.3 Å². The average molecular weight is 2140 g/mol. The van der Waals surface area contributed by atoms with Crippen molar-refractivity contribution in [3.05, 3.63) is 83.1 Å². The number of rotatable bonds is 108. The van der Waals surface area contributed by atoms with E-state index in [-0.39, 0.29) is 18.9 Å². The van der Waals surface area contributed by atoms with Crippen LogP contribution in [0, 0.1) is 83.1 Å². The maximum absolute atomic E-state index is 8.74. The topological polar surface area (TPSA) is 74.6 Å². The van der Waals surface area contributed by atoms with E-state index in [0.29, 0.717) is 0 Å². The summed E-state index contributed by atoms with van der Waals surface area (Å²) in [6.45, 7) is 73.4. The standard InChI is InChI=1S/12C12H25.Li.H2O4S/c12*1-3-5-7-9-11-12-10-8-6-4-2;;1-5(2,3)4/h12*1,3-12H2,2H3;;(H2,1,2,3,4)/q12*-1;+1;. The van der Waals surface area contributed by atoms with Crippen molar-refractivity contribution in [3.8, 4) is 0 Å². The normalized spacial score (nSPS) is 10.5. The van der Waals surface area contributed by atoms with Crippen molar-refractivity contribution in [3.63, 3.8) is 0 Å². The van der Waals surface area contributed by atoms with Crippen LogP contribution in [-0.4, -0.2) is 17.5 Å². The molecule has 0 fully saturated rings. The third-order valence-electron chi connectivity index (χ3n) is 28.2. The fourth-order valence-electron chi connectivity index (χ4n) is 17.8. The summed E-state index contributed by atoms with van der Waals surface area (Å²) in [4.78, 5) is 0. The molecule has 0 aromatic rings. The predicted octanol–water partition coefficient (Wildman–Crippen LogP) is 53.2. The van der Waals surface area contributed by atoms with Gasteiger partial charge in [0.1, 0.15) is 0 Å². The summed E-state index contributed by atoms with van der Waals surface area (Å²) in [7, 11) is -4.67. The summed E-state index contributed by atoms with van der Waals surface area (Å²) in [5.41, 5.74) is 0. The van der Waals surface area contributed by atoms with Crippen LogP contribution in [0.25, 0.3) is 0 Å². The molecule has 0 aliphatic carbocycles. The summed E-state index contributed by atoms with van der Waals surface area (Å²) < 4.78 is 31.6. The molecule has 150 heavy (non-hydrogen) atoms. The SMILES string of the molecule is O=S(=O)(O)O.[CH2-]CCCCCCCCCCC.[CH2-]CCCCCCCCCCC.[CH2-]CCCCCCCCCCC.[CH2-]CCCCCCCCCCC.[CH2-]CCCCCCCCCCC.[CH2-]CCCCCCCCCCC.[CH2-]CCCCCCCCCCC.[CH2-]CCCCCCCCCCC.[CH2-]CCCCCCCCCCC.[CH2-]CCCCCCCCCCC.[CH2-]CCCCCCCCCCC.[CH2-]CCCCCCCCCCC.[Li+]. The van der Waals surface area contributed by atoms with Gasteiger partial charge in [-0.3, -0.25) is 9.11 Å². The molecular formula is C144H302LiO4S-11.